The summed E-state index contributed by atoms with van der Waals surface area (Å²) < 4.78 is 7.60. The van der Waals surface area contributed by atoms with Gasteiger partial charge >= 0.3 is 0 Å². The normalized spacial score (nSPS) is 14.5. The Kier molecular flexibility index (Phi) is 10.1. The van der Waals surface area contributed by atoms with Crippen LogP contribution in [0.4, 0.5) is 11.6 Å². The minimum atomic E-state index is -0.00367. The number of carbonyl (C=O) groups excluding carboxylic acids is 1. The summed E-state index contributed by atoms with van der Waals surface area (Å²) in [5.41, 5.74) is 2.85. The highest BCUT2D eigenvalue weighted by Crippen LogP contribution is 2.23. The van der Waals surface area contributed by atoms with Crippen molar-refractivity contribution in [1.82, 2.24) is 29.3 Å². The molecule has 4 rings (SSSR count). The van der Waals surface area contributed by atoms with Gasteiger partial charge in [0.05, 0.1) is 25.1 Å². The van der Waals surface area contributed by atoms with E-state index in [1.807, 2.05) is 29.2 Å². The zero-order valence-corrected chi connectivity index (χ0v) is 23.4. The van der Waals surface area contributed by atoms with Crippen LogP contribution < -0.4 is 5.32 Å². The number of rotatable bonds is 13. The minimum Gasteiger partial charge on any atom is -0.379 e. The molecule has 3 aromatic heterocycles. The standard InChI is InChI=1S/C29H43N7O2/c1-22(2)10-15-35(16-11-23(3)4)28(37)26-9-8-25-27(32-26)36(14-6-13-34-17-19-38-20-18-34)29(33-25)31-24-7-5-12-30-21-24/h5,7-9,12,21-23H,6,10-11,13-20H2,1-4H3,(H,31,33). The van der Waals surface area contributed by atoms with Crippen LogP contribution in [0.2, 0.25) is 0 Å². The molecule has 0 unspecified atom stereocenters. The molecule has 0 spiro atoms. The first kappa shape index (κ1) is 28.0. The summed E-state index contributed by atoms with van der Waals surface area (Å²) in [6.45, 7) is 15.5. The van der Waals surface area contributed by atoms with Crippen LogP contribution in [0.15, 0.2) is 36.7 Å². The zero-order valence-electron chi connectivity index (χ0n) is 23.4. The molecule has 0 bridgehead atoms. The molecule has 1 aliphatic rings. The molecule has 0 saturated carbocycles. The molecule has 0 radical (unpaired) electrons. The summed E-state index contributed by atoms with van der Waals surface area (Å²) in [6.07, 6.45) is 6.43. The molecule has 3 aromatic rings. The van der Waals surface area contributed by atoms with Crippen molar-refractivity contribution >= 4 is 28.7 Å². The Morgan fingerprint density at radius 3 is 2.42 bits per heavy atom. The smallest absolute Gasteiger partial charge is 0.272 e. The predicted octanol–water partition coefficient (Wildman–Crippen LogP) is 4.83. The number of ether oxygens (including phenoxy) is 1. The van der Waals surface area contributed by atoms with Gasteiger partial charge in [-0.1, -0.05) is 27.7 Å². The van der Waals surface area contributed by atoms with Crippen molar-refractivity contribution in [3.63, 3.8) is 0 Å². The topological polar surface area (TPSA) is 88.4 Å². The van der Waals surface area contributed by atoms with Crippen molar-refractivity contribution in [3.05, 3.63) is 42.4 Å². The van der Waals surface area contributed by atoms with E-state index in [9.17, 15) is 4.79 Å². The Labute approximate surface area is 226 Å². The first-order chi connectivity index (χ1) is 18.4. The van der Waals surface area contributed by atoms with Crippen LogP contribution in [0.5, 0.6) is 0 Å². The van der Waals surface area contributed by atoms with Gasteiger partial charge in [0.25, 0.3) is 5.91 Å². The monoisotopic (exact) mass is 521 g/mol. The average molecular weight is 522 g/mol. The summed E-state index contributed by atoms with van der Waals surface area (Å²) in [6, 6.07) is 7.60. The maximum absolute atomic E-state index is 13.6. The quantitative estimate of drug-likeness (QED) is 0.345. The Hall–Kier alpha value is -3.04. The number of hydrogen-bond acceptors (Lipinski definition) is 7. The van der Waals surface area contributed by atoms with E-state index in [0.717, 1.165) is 88.6 Å². The third-order valence-electron chi connectivity index (χ3n) is 6.93. The number of carbonyl (C=O) groups is 1. The molecule has 1 N–H and O–H groups in total. The van der Waals surface area contributed by atoms with Crippen LogP contribution in [-0.2, 0) is 11.3 Å². The fourth-order valence-corrected chi connectivity index (χ4v) is 4.58. The van der Waals surface area contributed by atoms with E-state index in [0.29, 0.717) is 23.5 Å². The van der Waals surface area contributed by atoms with Gasteiger partial charge in [-0.3, -0.25) is 19.2 Å². The molecule has 0 aromatic carbocycles. The largest absolute Gasteiger partial charge is 0.379 e. The van der Waals surface area contributed by atoms with Crippen molar-refractivity contribution in [3.8, 4) is 0 Å². The molecule has 206 valence electrons. The molecular formula is C29H43N7O2. The van der Waals surface area contributed by atoms with E-state index in [2.05, 4.69) is 47.5 Å². The molecule has 4 heterocycles. The van der Waals surface area contributed by atoms with Gasteiger partial charge < -0.3 is 15.0 Å². The first-order valence-electron chi connectivity index (χ1n) is 14.0. The number of hydrogen-bond donors (Lipinski definition) is 1. The highest BCUT2D eigenvalue weighted by Gasteiger charge is 2.21. The van der Waals surface area contributed by atoms with Gasteiger partial charge in [-0.15, -0.1) is 0 Å². The highest BCUT2D eigenvalue weighted by atomic mass is 16.5. The van der Waals surface area contributed by atoms with Crippen LogP contribution >= 0.6 is 0 Å². The van der Waals surface area contributed by atoms with E-state index in [4.69, 9.17) is 14.7 Å². The molecular weight excluding hydrogens is 478 g/mol. The summed E-state index contributed by atoms with van der Waals surface area (Å²) >= 11 is 0. The zero-order chi connectivity index (χ0) is 26.9. The van der Waals surface area contributed by atoms with Gasteiger partial charge in [0.2, 0.25) is 5.95 Å². The minimum absolute atomic E-state index is 0.00367. The Bertz CT molecular complexity index is 1140. The molecule has 1 saturated heterocycles. The van der Waals surface area contributed by atoms with Gasteiger partial charge in [0.15, 0.2) is 5.65 Å². The van der Waals surface area contributed by atoms with Gasteiger partial charge in [0.1, 0.15) is 11.2 Å². The van der Waals surface area contributed by atoms with Gasteiger partial charge in [-0.05, 0) is 55.4 Å². The lowest BCUT2D eigenvalue weighted by molar-refractivity contribution is 0.0370. The number of nitrogens with zero attached hydrogens (tertiary/aromatic N) is 6. The fraction of sp³-hybridized carbons (Fsp3) is 0.586. The Morgan fingerprint density at radius 1 is 1.03 bits per heavy atom. The molecule has 9 heteroatoms. The lowest BCUT2D eigenvalue weighted by atomic mass is 10.1. The molecule has 1 aliphatic heterocycles. The highest BCUT2D eigenvalue weighted by molar-refractivity contribution is 5.94. The number of anilines is 2. The lowest BCUT2D eigenvalue weighted by Crippen LogP contribution is -2.37. The maximum Gasteiger partial charge on any atom is 0.272 e. The van der Waals surface area contributed by atoms with Crippen LogP contribution in [0.3, 0.4) is 0 Å². The van der Waals surface area contributed by atoms with Crippen molar-refractivity contribution in [1.29, 1.82) is 0 Å². The van der Waals surface area contributed by atoms with E-state index < -0.39 is 0 Å². The SMILES string of the molecule is CC(C)CCN(CCC(C)C)C(=O)c1ccc2nc(Nc3cccnc3)n(CCCN3CCOCC3)c2n1. The summed E-state index contributed by atoms with van der Waals surface area (Å²) in [5, 5.41) is 3.41. The molecule has 0 atom stereocenters. The van der Waals surface area contributed by atoms with Crippen LogP contribution in [0.1, 0.15) is 57.4 Å². The molecule has 0 aliphatic carbocycles. The summed E-state index contributed by atoms with van der Waals surface area (Å²) in [4.78, 5) is 32.0. The summed E-state index contributed by atoms with van der Waals surface area (Å²) in [7, 11) is 0. The van der Waals surface area contributed by atoms with Gasteiger partial charge in [-0.2, -0.15) is 0 Å². The molecule has 38 heavy (non-hydrogen) atoms. The molecule has 1 fully saturated rings. The summed E-state index contributed by atoms with van der Waals surface area (Å²) in [5.74, 6) is 1.78. The number of imidazole rings is 1. The van der Waals surface area contributed by atoms with E-state index in [1.165, 1.54) is 0 Å². The van der Waals surface area contributed by atoms with Crippen LogP contribution in [-0.4, -0.2) is 81.2 Å². The van der Waals surface area contributed by atoms with Crippen LogP contribution in [0, 0.1) is 11.8 Å². The number of aromatic nitrogens is 4. The van der Waals surface area contributed by atoms with Crippen molar-refractivity contribution in [2.45, 2.75) is 53.5 Å². The number of fused-ring (bicyclic) bond motifs is 1. The molecule has 9 nitrogen and oxygen atoms in total. The number of amides is 1. The Morgan fingerprint density at radius 2 is 1.76 bits per heavy atom. The Balaban J connectivity index is 1.60. The average Bonchev–Trinajstić information content (AvgIpc) is 3.25. The predicted molar refractivity (Wildman–Crippen MR) is 152 cm³/mol. The number of aryl methyl sites for hydroxylation is 1. The first-order valence-corrected chi connectivity index (χ1v) is 14.0. The number of pyridine rings is 2. The maximum atomic E-state index is 13.6. The third kappa shape index (κ3) is 7.74. The third-order valence-corrected chi connectivity index (χ3v) is 6.93. The second kappa shape index (κ2) is 13.7. The van der Waals surface area contributed by atoms with Crippen molar-refractivity contribution in [2.75, 3.05) is 51.3 Å². The van der Waals surface area contributed by atoms with Gasteiger partial charge in [0, 0.05) is 45.5 Å². The second-order valence-electron chi connectivity index (χ2n) is 11.0. The lowest BCUT2D eigenvalue weighted by Gasteiger charge is -2.26. The van der Waals surface area contributed by atoms with E-state index >= 15 is 0 Å². The number of nitrogens with one attached hydrogen (secondary N) is 1. The second-order valence-corrected chi connectivity index (χ2v) is 11.0. The van der Waals surface area contributed by atoms with Crippen LogP contribution in [0.25, 0.3) is 11.2 Å². The van der Waals surface area contributed by atoms with Crippen molar-refractivity contribution in [2.24, 2.45) is 11.8 Å². The molecule has 1 amide bonds. The van der Waals surface area contributed by atoms with E-state index in [1.54, 1.807) is 12.4 Å². The van der Waals surface area contributed by atoms with Crippen molar-refractivity contribution < 1.29 is 9.53 Å². The van der Waals surface area contributed by atoms with Gasteiger partial charge in [-0.25, -0.2) is 9.97 Å². The van der Waals surface area contributed by atoms with E-state index in [-0.39, 0.29) is 5.91 Å². The fourth-order valence-electron chi connectivity index (χ4n) is 4.58. The number of morpholine rings is 1.